The van der Waals surface area contributed by atoms with E-state index >= 15 is 0 Å². The number of nitrogens with two attached hydrogens (primary N) is 1. The van der Waals surface area contributed by atoms with Gasteiger partial charge in [-0.2, -0.15) is 5.26 Å². The lowest BCUT2D eigenvalue weighted by Gasteiger charge is -2.28. The summed E-state index contributed by atoms with van der Waals surface area (Å²) in [5.41, 5.74) is 5.17. The zero-order valence-corrected chi connectivity index (χ0v) is 10.9. The summed E-state index contributed by atoms with van der Waals surface area (Å²) in [6.45, 7) is 7.48. The number of rotatable bonds is 5. The molecule has 0 aliphatic carbocycles. The summed E-state index contributed by atoms with van der Waals surface area (Å²) >= 11 is 0. The standard InChI is InChI=1S/C13H25N3/c1-4-12-7-6-11(2)16(12)9-5-8-13(3,15)10-14/h11-12H,4-9,15H2,1-3H3. The SMILES string of the molecule is CCC1CCC(C)N1CCCC(C)(N)C#N. The van der Waals surface area contributed by atoms with Crippen LogP contribution < -0.4 is 5.73 Å². The Bertz CT molecular complexity index is 254. The van der Waals surface area contributed by atoms with Crippen LogP contribution in [0.5, 0.6) is 0 Å². The van der Waals surface area contributed by atoms with Gasteiger partial charge in [0.1, 0.15) is 5.54 Å². The second kappa shape index (κ2) is 5.65. The van der Waals surface area contributed by atoms with Gasteiger partial charge in [0.15, 0.2) is 0 Å². The zero-order chi connectivity index (χ0) is 12.2. The van der Waals surface area contributed by atoms with Crippen LogP contribution in [0.15, 0.2) is 0 Å². The number of hydrogen-bond acceptors (Lipinski definition) is 3. The molecule has 3 unspecified atom stereocenters. The summed E-state index contributed by atoms with van der Waals surface area (Å²) < 4.78 is 0. The van der Waals surface area contributed by atoms with Crippen LogP contribution >= 0.6 is 0 Å². The Morgan fingerprint density at radius 3 is 2.75 bits per heavy atom. The third kappa shape index (κ3) is 3.47. The molecule has 1 aliphatic rings. The van der Waals surface area contributed by atoms with Crippen molar-refractivity contribution < 1.29 is 0 Å². The first-order chi connectivity index (χ1) is 7.50. The zero-order valence-electron chi connectivity index (χ0n) is 10.9. The van der Waals surface area contributed by atoms with Crippen LogP contribution in [0.2, 0.25) is 0 Å². The molecule has 0 spiro atoms. The molecule has 0 amide bonds. The Balaban J connectivity index is 2.34. The van der Waals surface area contributed by atoms with Crippen LogP contribution in [0.25, 0.3) is 0 Å². The van der Waals surface area contributed by atoms with E-state index in [0.29, 0.717) is 6.04 Å². The lowest BCUT2D eigenvalue weighted by Crippen LogP contribution is -2.38. The van der Waals surface area contributed by atoms with E-state index in [-0.39, 0.29) is 0 Å². The van der Waals surface area contributed by atoms with Gasteiger partial charge in [0.05, 0.1) is 6.07 Å². The minimum Gasteiger partial charge on any atom is -0.314 e. The van der Waals surface area contributed by atoms with Crippen molar-refractivity contribution in [2.24, 2.45) is 5.73 Å². The van der Waals surface area contributed by atoms with E-state index in [9.17, 15) is 0 Å². The van der Waals surface area contributed by atoms with E-state index < -0.39 is 5.54 Å². The topological polar surface area (TPSA) is 53.0 Å². The fourth-order valence-electron chi connectivity index (χ4n) is 2.65. The Kier molecular flexibility index (Phi) is 4.76. The van der Waals surface area contributed by atoms with Crippen LogP contribution in [-0.4, -0.2) is 29.1 Å². The summed E-state index contributed by atoms with van der Waals surface area (Å²) in [4.78, 5) is 2.59. The van der Waals surface area contributed by atoms with Crippen molar-refractivity contribution in [3.05, 3.63) is 0 Å². The summed E-state index contributed by atoms with van der Waals surface area (Å²) in [5.74, 6) is 0. The molecular weight excluding hydrogens is 198 g/mol. The van der Waals surface area contributed by atoms with Gasteiger partial charge in [-0.1, -0.05) is 6.92 Å². The summed E-state index contributed by atoms with van der Waals surface area (Å²) in [6, 6.07) is 3.62. The number of nitriles is 1. The maximum Gasteiger partial charge on any atom is 0.101 e. The van der Waals surface area contributed by atoms with Gasteiger partial charge in [-0.05, 0) is 52.5 Å². The van der Waals surface area contributed by atoms with Crippen LogP contribution in [0, 0.1) is 11.3 Å². The molecule has 3 heteroatoms. The molecule has 0 aromatic heterocycles. The molecule has 0 saturated carbocycles. The van der Waals surface area contributed by atoms with Crippen LogP contribution in [0.4, 0.5) is 0 Å². The molecule has 2 N–H and O–H groups in total. The average molecular weight is 223 g/mol. The van der Waals surface area contributed by atoms with Crippen molar-refractivity contribution in [3.8, 4) is 6.07 Å². The van der Waals surface area contributed by atoms with Gasteiger partial charge >= 0.3 is 0 Å². The molecule has 1 fully saturated rings. The molecule has 0 bridgehead atoms. The molecule has 3 atom stereocenters. The largest absolute Gasteiger partial charge is 0.314 e. The predicted octanol–water partition coefficient (Wildman–Crippen LogP) is 2.27. The van der Waals surface area contributed by atoms with Crippen molar-refractivity contribution in [1.82, 2.24) is 4.90 Å². The third-order valence-corrected chi connectivity index (χ3v) is 3.79. The lowest BCUT2D eigenvalue weighted by molar-refractivity contribution is 0.192. The molecule has 1 rings (SSSR count). The molecular formula is C13H25N3. The second-order valence-electron chi connectivity index (χ2n) is 5.36. The number of hydrogen-bond donors (Lipinski definition) is 1. The van der Waals surface area contributed by atoms with Gasteiger partial charge in [-0.25, -0.2) is 0 Å². The van der Waals surface area contributed by atoms with Gasteiger partial charge in [0, 0.05) is 12.1 Å². The quantitative estimate of drug-likeness (QED) is 0.778. The van der Waals surface area contributed by atoms with Crippen LogP contribution in [-0.2, 0) is 0 Å². The first-order valence-corrected chi connectivity index (χ1v) is 6.46. The highest BCUT2D eigenvalue weighted by Gasteiger charge is 2.29. The van der Waals surface area contributed by atoms with E-state index in [1.807, 2.05) is 6.92 Å². The molecule has 1 saturated heterocycles. The lowest BCUT2D eigenvalue weighted by atomic mass is 9.99. The summed E-state index contributed by atoms with van der Waals surface area (Å²) in [7, 11) is 0. The average Bonchev–Trinajstić information content (AvgIpc) is 2.60. The Morgan fingerprint density at radius 2 is 2.19 bits per heavy atom. The van der Waals surface area contributed by atoms with Crippen molar-refractivity contribution in [2.45, 2.75) is 70.5 Å². The van der Waals surface area contributed by atoms with Crippen LogP contribution in [0.1, 0.15) is 52.9 Å². The minimum absolute atomic E-state index is 0.648. The van der Waals surface area contributed by atoms with Crippen molar-refractivity contribution in [2.75, 3.05) is 6.54 Å². The minimum atomic E-state index is -0.648. The van der Waals surface area contributed by atoms with Gasteiger partial charge in [0.2, 0.25) is 0 Å². The highest BCUT2D eigenvalue weighted by Crippen LogP contribution is 2.26. The third-order valence-electron chi connectivity index (χ3n) is 3.79. The molecule has 3 nitrogen and oxygen atoms in total. The monoisotopic (exact) mass is 223 g/mol. The van der Waals surface area contributed by atoms with Crippen molar-refractivity contribution >= 4 is 0 Å². The van der Waals surface area contributed by atoms with E-state index in [4.69, 9.17) is 11.0 Å². The maximum absolute atomic E-state index is 8.85. The fourth-order valence-corrected chi connectivity index (χ4v) is 2.65. The van der Waals surface area contributed by atoms with Crippen LogP contribution in [0.3, 0.4) is 0 Å². The Hall–Kier alpha value is -0.590. The molecule has 1 heterocycles. The fraction of sp³-hybridized carbons (Fsp3) is 0.923. The van der Waals surface area contributed by atoms with Gasteiger partial charge in [-0.3, -0.25) is 4.90 Å². The van der Waals surface area contributed by atoms with E-state index in [1.54, 1.807) is 0 Å². The Labute approximate surface area is 99.6 Å². The highest BCUT2D eigenvalue weighted by molar-refractivity contribution is 5.00. The molecule has 92 valence electrons. The van der Waals surface area contributed by atoms with Gasteiger partial charge < -0.3 is 5.73 Å². The number of nitrogens with zero attached hydrogens (tertiary/aromatic N) is 2. The first-order valence-electron chi connectivity index (χ1n) is 6.46. The van der Waals surface area contributed by atoms with E-state index in [1.165, 1.54) is 19.3 Å². The van der Waals surface area contributed by atoms with E-state index in [0.717, 1.165) is 25.4 Å². The smallest absolute Gasteiger partial charge is 0.101 e. The Morgan fingerprint density at radius 1 is 1.50 bits per heavy atom. The second-order valence-corrected chi connectivity index (χ2v) is 5.36. The highest BCUT2D eigenvalue weighted by atomic mass is 15.2. The maximum atomic E-state index is 8.85. The normalized spacial score (nSPS) is 29.9. The predicted molar refractivity (Wildman–Crippen MR) is 66.9 cm³/mol. The molecule has 0 radical (unpaired) electrons. The number of likely N-dealkylation sites (tertiary alicyclic amines) is 1. The molecule has 1 aliphatic heterocycles. The van der Waals surface area contributed by atoms with Crippen molar-refractivity contribution in [3.63, 3.8) is 0 Å². The molecule has 0 aromatic carbocycles. The molecule has 0 aromatic rings. The van der Waals surface area contributed by atoms with Crippen molar-refractivity contribution in [1.29, 1.82) is 5.26 Å². The molecule has 16 heavy (non-hydrogen) atoms. The van der Waals surface area contributed by atoms with Gasteiger partial charge in [0.25, 0.3) is 0 Å². The first kappa shape index (κ1) is 13.5. The summed E-state index contributed by atoms with van der Waals surface area (Å²) in [5, 5.41) is 8.85. The summed E-state index contributed by atoms with van der Waals surface area (Å²) in [6.07, 6.45) is 5.71. The van der Waals surface area contributed by atoms with E-state index in [2.05, 4.69) is 24.8 Å². The van der Waals surface area contributed by atoms with Gasteiger partial charge in [-0.15, -0.1) is 0 Å².